The lowest BCUT2D eigenvalue weighted by molar-refractivity contribution is 0.182. The van der Waals surface area contributed by atoms with Gasteiger partial charge in [-0.15, -0.1) is 0 Å². The van der Waals surface area contributed by atoms with E-state index in [4.69, 9.17) is 16.7 Å². The molecule has 3 heteroatoms. The summed E-state index contributed by atoms with van der Waals surface area (Å²) in [7, 11) is 0. The highest BCUT2D eigenvalue weighted by Crippen LogP contribution is 2.17. The molecule has 0 aliphatic carbocycles. The maximum Gasteiger partial charge on any atom is 0.0524 e. The van der Waals surface area contributed by atoms with E-state index < -0.39 is 0 Å². The van der Waals surface area contributed by atoms with Gasteiger partial charge >= 0.3 is 0 Å². The van der Waals surface area contributed by atoms with Gasteiger partial charge in [0.2, 0.25) is 0 Å². The fourth-order valence-corrected chi connectivity index (χ4v) is 1.60. The zero-order chi connectivity index (χ0) is 11.3. The van der Waals surface area contributed by atoms with E-state index in [-0.39, 0.29) is 12.1 Å². The molecule has 0 aromatic heterocycles. The second kappa shape index (κ2) is 6.11. The van der Waals surface area contributed by atoms with Crippen LogP contribution in [0.1, 0.15) is 31.9 Å². The van der Waals surface area contributed by atoms with E-state index in [0.29, 0.717) is 0 Å². The van der Waals surface area contributed by atoms with E-state index in [0.717, 1.165) is 18.0 Å². The Morgan fingerprint density at radius 2 is 2.13 bits per heavy atom. The molecule has 1 rings (SSSR count). The molecule has 0 aliphatic heterocycles. The van der Waals surface area contributed by atoms with Crippen molar-refractivity contribution in [1.29, 1.82) is 0 Å². The van der Waals surface area contributed by atoms with Gasteiger partial charge in [-0.3, -0.25) is 0 Å². The van der Waals surface area contributed by atoms with Crippen LogP contribution in [0.15, 0.2) is 24.3 Å². The smallest absolute Gasteiger partial charge is 0.0524 e. The van der Waals surface area contributed by atoms with E-state index in [1.165, 1.54) is 5.56 Å². The summed E-state index contributed by atoms with van der Waals surface area (Å²) in [6.45, 7) is 4.70. The largest absolute Gasteiger partial charge is 0.393 e. The van der Waals surface area contributed by atoms with E-state index in [1.54, 1.807) is 6.92 Å². The Bertz CT molecular complexity index is 301. The fourth-order valence-electron chi connectivity index (χ4n) is 1.40. The summed E-state index contributed by atoms with van der Waals surface area (Å²) in [6, 6.07) is 8.09. The second-order valence-electron chi connectivity index (χ2n) is 3.87. The molecule has 84 valence electrons. The molecular weight excluding hydrogens is 210 g/mol. The summed E-state index contributed by atoms with van der Waals surface area (Å²) < 4.78 is 0. The Balaban J connectivity index is 2.43. The highest BCUT2D eigenvalue weighted by atomic mass is 35.5. The number of hydrogen-bond acceptors (Lipinski definition) is 2. The van der Waals surface area contributed by atoms with Crippen LogP contribution in [0.2, 0.25) is 5.02 Å². The van der Waals surface area contributed by atoms with Crippen LogP contribution in [-0.2, 0) is 0 Å². The summed E-state index contributed by atoms with van der Waals surface area (Å²) in [5.41, 5.74) is 1.17. The highest BCUT2D eigenvalue weighted by molar-refractivity contribution is 6.30. The minimum atomic E-state index is -0.246. The molecule has 0 amide bonds. The van der Waals surface area contributed by atoms with Crippen LogP contribution in [0, 0.1) is 0 Å². The van der Waals surface area contributed by atoms with Crippen molar-refractivity contribution in [3.05, 3.63) is 34.9 Å². The van der Waals surface area contributed by atoms with Crippen LogP contribution < -0.4 is 5.32 Å². The lowest BCUT2D eigenvalue weighted by Gasteiger charge is -2.15. The predicted molar refractivity (Wildman–Crippen MR) is 64.2 cm³/mol. The first-order chi connectivity index (χ1) is 7.09. The minimum Gasteiger partial charge on any atom is -0.393 e. The van der Waals surface area contributed by atoms with E-state index in [2.05, 4.69) is 12.2 Å². The van der Waals surface area contributed by atoms with Gasteiger partial charge in [0, 0.05) is 11.1 Å². The molecular formula is C12H18ClNO. The van der Waals surface area contributed by atoms with Gasteiger partial charge in [-0.25, -0.2) is 0 Å². The van der Waals surface area contributed by atoms with Crippen LogP contribution in [0.4, 0.5) is 0 Å². The van der Waals surface area contributed by atoms with Crippen LogP contribution in [0.25, 0.3) is 0 Å². The molecule has 1 aromatic rings. The van der Waals surface area contributed by atoms with Crippen molar-refractivity contribution in [2.45, 2.75) is 32.4 Å². The van der Waals surface area contributed by atoms with Gasteiger partial charge in [-0.05, 0) is 44.5 Å². The Hall–Kier alpha value is -0.570. The Kier molecular flexibility index (Phi) is 5.09. The summed E-state index contributed by atoms with van der Waals surface area (Å²) in [5, 5.41) is 13.2. The molecule has 15 heavy (non-hydrogen) atoms. The molecule has 0 aliphatic rings. The van der Waals surface area contributed by atoms with E-state index >= 15 is 0 Å². The van der Waals surface area contributed by atoms with E-state index in [1.807, 2.05) is 24.3 Å². The Labute approximate surface area is 96.3 Å². The lowest BCUT2D eigenvalue weighted by atomic mass is 10.1. The quantitative estimate of drug-likeness (QED) is 0.811. The second-order valence-corrected chi connectivity index (χ2v) is 4.30. The number of nitrogens with one attached hydrogen (secondary N) is 1. The molecule has 1 aromatic carbocycles. The van der Waals surface area contributed by atoms with Crippen molar-refractivity contribution in [1.82, 2.24) is 5.32 Å². The maximum absolute atomic E-state index is 9.12. The van der Waals surface area contributed by atoms with Crippen molar-refractivity contribution < 1.29 is 5.11 Å². The summed E-state index contributed by atoms with van der Waals surface area (Å²) >= 11 is 5.91. The van der Waals surface area contributed by atoms with Crippen molar-refractivity contribution in [3.63, 3.8) is 0 Å². The molecule has 2 atom stereocenters. The van der Waals surface area contributed by atoms with Crippen LogP contribution >= 0.6 is 11.6 Å². The van der Waals surface area contributed by atoms with Crippen molar-refractivity contribution in [2.75, 3.05) is 6.54 Å². The number of hydrogen-bond donors (Lipinski definition) is 2. The first-order valence-corrected chi connectivity index (χ1v) is 5.64. The molecule has 0 unspecified atom stereocenters. The van der Waals surface area contributed by atoms with Gasteiger partial charge in [-0.2, -0.15) is 0 Å². The molecule has 0 bridgehead atoms. The lowest BCUT2D eigenvalue weighted by Crippen LogP contribution is -2.22. The average Bonchev–Trinajstić information content (AvgIpc) is 2.17. The summed E-state index contributed by atoms with van der Waals surface area (Å²) in [4.78, 5) is 0. The Morgan fingerprint density at radius 1 is 1.40 bits per heavy atom. The predicted octanol–water partition coefficient (Wildman–Crippen LogP) is 2.76. The highest BCUT2D eigenvalue weighted by Gasteiger charge is 2.05. The summed E-state index contributed by atoms with van der Waals surface area (Å²) in [6.07, 6.45) is 0.523. The van der Waals surface area contributed by atoms with Crippen LogP contribution in [-0.4, -0.2) is 17.8 Å². The van der Waals surface area contributed by atoms with Gasteiger partial charge in [0.15, 0.2) is 0 Å². The third-order valence-corrected chi connectivity index (χ3v) is 2.60. The van der Waals surface area contributed by atoms with Gasteiger partial charge in [-0.1, -0.05) is 23.7 Å². The maximum atomic E-state index is 9.12. The van der Waals surface area contributed by atoms with Gasteiger partial charge < -0.3 is 10.4 Å². The number of aliphatic hydroxyl groups excluding tert-OH is 1. The molecule has 0 saturated heterocycles. The molecule has 0 saturated carbocycles. The standard InChI is InChI=1S/C12H18ClNO/c1-9(15)6-7-14-10(2)11-4-3-5-12(13)8-11/h3-5,8-10,14-15H,6-7H2,1-2H3/t9-,10+/m0/s1. The number of rotatable bonds is 5. The zero-order valence-corrected chi connectivity index (χ0v) is 9.96. The zero-order valence-electron chi connectivity index (χ0n) is 9.20. The van der Waals surface area contributed by atoms with Crippen LogP contribution in [0.3, 0.4) is 0 Å². The average molecular weight is 228 g/mol. The fraction of sp³-hybridized carbons (Fsp3) is 0.500. The monoisotopic (exact) mass is 227 g/mol. The summed E-state index contributed by atoms with van der Waals surface area (Å²) in [5.74, 6) is 0. The first-order valence-electron chi connectivity index (χ1n) is 5.26. The first kappa shape index (κ1) is 12.5. The molecule has 2 nitrogen and oxygen atoms in total. The third-order valence-electron chi connectivity index (χ3n) is 2.36. The van der Waals surface area contributed by atoms with Crippen LogP contribution in [0.5, 0.6) is 0 Å². The van der Waals surface area contributed by atoms with Crippen molar-refractivity contribution >= 4 is 11.6 Å². The van der Waals surface area contributed by atoms with Crippen molar-refractivity contribution in [2.24, 2.45) is 0 Å². The minimum absolute atomic E-state index is 0.246. The molecule has 0 radical (unpaired) electrons. The number of aliphatic hydroxyl groups is 1. The van der Waals surface area contributed by atoms with Gasteiger partial charge in [0.25, 0.3) is 0 Å². The van der Waals surface area contributed by atoms with Gasteiger partial charge in [0.05, 0.1) is 6.10 Å². The van der Waals surface area contributed by atoms with E-state index in [9.17, 15) is 0 Å². The SMILES string of the molecule is C[C@H](O)CCN[C@H](C)c1cccc(Cl)c1. The molecule has 0 spiro atoms. The number of halogens is 1. The topological polar surface area (TPSA) is 32.3 Å². The molecule has 0 fully saturated rings. The number of benzene rings is 1. The van der Waals surface area contributed by atoms with Crippen molar-refractivity contribution in [3.8, 4) is 0 Å². The third kappa shape index (κ3) is 4.65. The van der Waals surface area contributed by atoms with Gasteiger partial charge in [0.1, 0.15) is 0 Å². The molecule has 0 heterocycles. The normalized spacial score (nSPS) is 14.9. The Morgan fingerprint density at radius 3 is 2.73 bits per heavy atom. The molecule has 2 N–H and O–H groups in total.